The summed E-state index contributed by atoms with van der Waals surface area (Å²) in [4.78, 5) is 0. The van der Waals surface area contributed by atoms with E-state index in [9.17, 15) is 0 Å². The van der Waals surface area contributed by atoms with Crippen molar-refractivity contribution in [1.82, 2.24) is 0 Å². The first-order chi connectivity index (χ1) is 8.90. The Hall–Kier alpha value is -1.54. The van der Waals surface area contributed by atoms with Gasteiger partial charge in [0.05, 0.1) is 19.4 Å². The second-order valence-corrected chi connectivity index (χ2v) is 4.68. The average molecular weight is 244 g/mol. The molecule has 2 heteroatoms. The fraction of sp³-hybridized carbons (Fsp3) is 0.375. The number of furan rings is 1. The molecule has 0 aliphatic carbocycles. The number of rotatable bonds is 7. The molecule has 0 radical (unpaired) electrons. The van der Waals surface area contributed by atoms with Gasteiger partial charge in [-0.15, -0.1) is 0 Å². The summed E-state index contributed by atoms with van der Waals surface area (Å²) < 4.78 is 5.58. The van der Waals surface area contributed by atoms with Gasteiger partial charge in [-0.3, -0.25) is 0 Å². The van der Waals surface area contributed by atoms with Gasteiger partial charge in [0.15, 0.2) is 0 Å². The highest BCUT2D eigenvalue weighted by molar-refractivity contribution is 5.18. The topological polar surface area (TPSA) is 29.8 Å². The first-order valence-electron chi connectivity index (χ1n) is 6.79. The van der Waals surface area contributed by atoms with Crippen LogP contribution in [0.4, 0.5) is 0 Å². The van der Waals surface area contributed by atoms with Gasteiger partial charge in [0.1, 0.15) is 5.76 Å². The lowest BCUT2D eigenvalue weighted by molar-refractivity contribution is -0.652. The molecule has 2 N–H and O–H groups in total. The van der Waals surface area contributed by atoms with Gasteiger partial charge in [0, 0.05) is 12.3 Å². The lowest BCUT2D eigenvalue weighted by atomic mass is 9.94. The molecular formula is C16H22NO+. The maximum Gasteiger partial charge on any atom is 0.107 e. The van der Waals surface area contributed by atoms with E-state index in [0.29, 0.717) is 5.92 Å². The van der Waals surface area contributed by atoms with E-state index in [1.807, 2.05) is 6.07 Å². The fourth-order valence-corrected chi connectivity index (χ4v) is 2.29. The second-order valence-electron chi connectivity index (χ2n) is 4.68. The normalized spacial score (nSPS) is 12.5. The fourth-order valence-electron chi connectivity index (χ4n) is 2.29. The van der Waals surface area contributed by atoms with E-state index in [1.165, 1.54) is 5.56 Å². The quantitative estimate of drug-likeness (QED) is 0.745. The van der Waals surface area contributed by atoms with Crippen LogP contribution in [0.25, 0.3) is 0 Å². The Morgan fingerprint density at radius 1 is 1.11 bits per heavy atom. The smallest absolute Gasteiger partial charge is 0.107 e. The van der Waals surface area contributed by atoms with Gasteiger partial charge in [-0.05, 0) is 31.0 Å². The molecule has 0 amide bonds. The van der Waals surface area contributed by atoms with Gasteiger partial charge in [0.25, 0.3) is 0 Å². The molecule has 1 atom stereocenters. The predicted octanol–water partition coefficient (Wildman–Crippen LogP) is 2.58. The van der Waals surface area contributed by atoms with Crippen molar-refractivity contribution < 1.29 is 9.73 Å². The van der Waals surface area contributed by atoms with Crippen LogP contribution < -0.4 is 5.32 Å². The van der Waals surface area contributed by atoms with E-state index in [4.69, 9.17) is 4.42 Å². The number of hydrogen-bond donors (Lipinski definition) is 1. The maximum absolute atomic E-state index is 5.58. The average Bonchev–Trinajstić information content (AvgIpc) is 2.93. The summed E-state index contributed by atoms with van der Waals surface area (Å²) in [6.07, 6.45) is 4.00. The lowest BCUT2D eigenvalue weighted by Gasteiger charge is -2.13. The molecule has 0 saturated heterocycles. The molecule has 2 aromatic rings. The minimum atomic E-state index is 0.491. The predicted molar refractivity (Wildman–Crippen MR) is 73.5 cm³/mol. The molecule has 96 valence electrons. The van der Waals surface area contributed by atoms with E-state index in [0.717, 1.165) is 31.7 Å². The molecule has 2 nitrogen and oxygen atoms in total. The summed E-state index contributed by atoms with van der Waals surface area (Å²) in [7, 11) is 0. The van der Waals surface area contributed by atoms with Crippen LogP contribution in [0, 0.1) is 0 Å². The molecule has 1 heterocycles. The Bertz CT molecular complexity index is 422. The minimum Gasteiger partial charge on any atom is -0.469 e. The van der Waals surface area contributed by atoms with Crippen LogP contribution in [0.15, 0.2) is 53.1 Å². The van der Waals surface area contributed by atoms with Gasteiger partial charge in [0.2, 0.25) is 0 Å². The van der Waals surface area contributed by atoms with E-state index in [1.54, 1.807) is 6.26 Å². The van der Waals surface area contributed by atoms with E-state index in [2.05, 4.69) is 48.6 Å². The van der Waals surface area contributed by atoms with Crippen molar-refractivity contribution in [3.63, 3.8) is 0 Å². The third-order valence-corrected chi connectivity index (χ3v) is 3.28. The van der Waals surface area contributed by atoms with E-state index in [-0.39, 0.29) is 0 Å². The largest absolute Gasteiger partial charge is 0.469 e. The van der Waals surface area contributed by atoms with Crippen LogP contribution in [-0.2, 0) is 6.42 Å². The summed E-state index contributed by atoms with van der Waals surface area (Å²) in [5.74, 6) is 1.61. The summed E-state index contributed by atoms with van der Waals surface area (Å²) in [6.45, 7) is 4.50. The number of benzene rings is 1. The molecule has 0 bridgehead atoms. The van der Waals surface area contributed by atoms with Gasteiger partial charge in [-0.25, -0.2) is 0 Å². The van der Waals surface area contributed by atoms with Gasteiger partial charge in [-0.1, -0.05) is 30.3 Å². The molecule has 0 saturated carbocycles. The molecule has 0 aliphatic rings. The van der Waals surface area contributed by atoms with Gasteiger partial charge in [-0.2, -0.15) is 0 Å². The highest BCUT2D eigenvalue weighted by Gasteiger charge is 2.15. The van der Waals surface area contributed by atoms with Crippen molar-refractivity contribution in [3.05, 3.63) is 60.1 Å². The van der Waals surface area contributed by atoms with E-state index >= 15 is 0 Å². The molecule has 18 heavy (non-hydrogen) atoms. The van der Waals surface area contributed by atoms with Gasteiger partial charge >= 0.3 is 0 Å². The molecule has 0 unspecified atom stereocenters. The van der Waals surface area contributed by atoms with Crippen molar-refractivity contribution in [3.8, 4) is 0 Å². The molecular weight excluding hydrogens is 222 g/mol. The minimum absolute atomic E-state index is 0.491. The molecule has 1 aromatic heterocycles. The Kier molecular flexibility index (Phi) is 5.03. The Balaban J connectivity index is 2.01. The highest BCUT2D eigenvalue weighted by Crippen LogP contribution is 2.24. The number of hydrogen-bond acceptors (Lipinski definition) is 1. The molecule has 2 rings (SSSR count). The third kappa shape index (κ3) is 3.74. The summed E-state index contributed by atoms with van der Waals surface area (Å²) >= 11 is 0. The molecule has 0 spiro atoms. The van der Waals surface area contributed by atoms with Crippen LogP contribution in [0.2, 0.25) is 0 Å². The molecule has 0 fully saturated rings. The Morgan fingerprint density at radius 2 is 1.94 bits per heavy atom. The first-order valence-corrected chi connectivity index (χ1v) is 6.79. The lowest BCUT2D eigenvalue weighted by Crippen LogP contribution is -2.83. The Labute approximate surface area is 109 Å². The highest BCUT2D eigenvalue weighted by atomic mass is 16.3. The van der Waals surface area contributed by atoms with Crippen LogP contribution in [0.3, 0.4) is 0 Å². The SMILES string of the molecule is CC[NH2+]CC[C@@H](Cc1ccccc1)c1ccco1. The second kappa shape index (κ2) is 7.02. The van der Waals surface area contributed by atoms with Crippen LogP contribution in [0.1, 0.15) is 30.6 Å². The van der Waals surface area contributed by atoms with Crippen LogP contribution in [0.5, 0.6) is 0 Å². The van der Waals surface area contributed by atoms with Crippen molar-refractivity contribution in [1.29, 1.82) is 0 Å². The van der Waals surface area contributed by atoms with Gasteiger partial charge < -0.3 is 9.73 Å². The zero-order valence-corrected chi connectivity index (χ0v) is 11.0. The summed E-state index contributed by atoms with van der Waals surface area (Å²) in [5, 5.41) is 2.35. The van der Waals surface area contributed by atoms with E-state index < -0.39 is 0 Å². The first kappa shape index (κ1) is 12.9. The van der Waals surface area contributed by atoms with Crippen molar-refractivity contribution in [2.45, 2.75) is 25.7 Å². The monoisotopic (exact) mass is 244 g/mol. The molecule has 0 aliphatic heterocycles. The standard InChI is InChI=1S/C16H21NO/c1-2-17-11-10-15(16-9-6-12-18-16)13-14-7-4-3-5-8-14/h3-9,12,15,17H,2,10-11,13H2,1H3/p+1/t15-/m0/s1. The van der Waals surface area contributed by atoms with Crippen molar-refractivity contribution in [2.24, 2.45) is 0 Å². The van der Waals surface area contributed by atoms with Crippen molar-refractivity contribution in [2.75, 3.05) is 13.1 Å². The maximum atomic E-state index is 5.58. The number of nitrogens with two attached hydrogens (primary N) is 1. The van der Waals surface area contributed by atoms with Crippen molar-refractivity contribution >= 4 is 0 Å². The summed E-state index contributed by atoms with van der Waals surface area (Å²) in [5.41, 5.74) is 1.38. The zero-order chi connectivity index (χ0) is 12.6. The van der Waals surface area contributed by atoms with Crippen LogP contribution >= 0.6 is 0 Å². The van der Waals surface area contributed by atoms with Crippen LogP contribution in [-0.4, -0.2) is 13.1 Å². The number of quaternary nitrogens is 1. The molecule has 1 aromatic carbocycles. The Morgan fingerprint density at radius 3 is 2.61 bits per heavy atom. The zero-order valence-electron chi connectivity index (χ0n) is 11.0. The summed E-state index contributed by atoms with van der Waals surface area (Å²) in [6, 6.07) is 14.7. The third-order valence-electron chi connectivity index (χ3n) is 3.28.